The summed E-state index contributed by atoms with van der Waals surface area (Å²) in [6.07, 6.45) is 5.11. The molecule has 2 fully saturated rings. The molecule has 7 heteroatoms. The molecule has 0 aromatic rings. The fourth-order valence-electron chi connectivity index (χ4n) is 1.02. The van der Waals surface area contributed by atoms with Crippen molar-refractivity contribution in [1.29, 1.82) is 0 Å². The summed E-state index contributed by atoms with van der Waals surface area (Å²) >= 11 is 0. The Morgan fingerprint density at radius 2 is 0.667 bits per heavy atom. The van der Waals surface area contributed by atoms with Gasteiger partial charge in [-0.15, -0.1) is 0 Å². The van der Waals surface area contributed by atoms with Crippen LogP contribution in [0.25, 0.3) is 0 Å². The molecule has 0 saturated carbocycles. The van der Waals surface area contributed by atoms with Crippen molar-refractivity contribution >= 4 is 0 Å². The monoisotopic (exact) mass is 374 g/mol. The summed E-state index contributed by atoms with van der Waals surface area (Å²) < 4.78 is 9.89. The van der Waals surface area contributed by atoms with Gasteiger partial charge in [0.25, 0.3) is 0 Å². The van der Waals surface area contributed by atoms with E-state index in [1.165, 1.54) is 25.7 Å². The van der Waals surface area contributed by atoms with Crippen molar-refractivity contribution in [2.75, 3.05) is 26.4 Å². The Bertz CT molecular complexity index is 57.8. The van der Waals surface area contributed by atoms with E-state index >= 15 is 0 Å². The molecule has 0 unspecified atom stereocenters. The van der Waals surface area contributed by atoms with Crippen molar-refractivity contribution in [1.82, 2.24) is 0 Å². The zero-order valence-corrected chi connectivity index (χ0v) is 14.0. The van der Waals surface area contributed by atoms with Crippen molar-refractivity contribution < 1.29 is 85.3 Å². The average molecular weight is 377 g/mol. The Morgan fingerprint density at radius 3 is 0.733 bits per heavy atom. The van der Waals surface area contributed by atoms with E-state index in [1.807, 2.05) is 0 Å². The van der Waals surface area contributed by atoms with Gasteiger partial charge in [-0.2, -0.15) is 0 Å². The number of ether oxygens (including phenoxy) is 2. The smallest absolute Gasteiger partial charge is 0.0466 e. The predicted octanol–water partition coefficient (Wildman–Crippen LogP) is -10.4. The van der Waals surface area contributed by atoms with Gasteiger partial charge in [0.1, 0.15) is 0 Å². The van der Waals surface area contributed by atoms with Crippen molar-refractivity contribution in [2.45, 2.75) is 25.7 Å². The van der Waals surface area contributed by atoms with Gasteiger partial charge in [0.2, 0.25) is 0 Å². The topological polar surface area (TPSA) is 18.5 Å². The van der Waals surface area contributed by atoms with E-state index in [9.17, 15) is 0 Å². The molecular formula is C8H16Cl4O2Zr-4. The molecule has 0 amide bonds. The summed E-state index contributed by atoms with van der Waals surface area (Å²) in [4.78, 5) is 0. The van der Waals surface area contributed by atoms with Gasteiger partial charge in [-0.05, 0) is 25.7 Å². The van der Waals surface area contributed by atoms with Gasteiger partial charge in [0, 0.05) is 52.6 Å². The third-order valence-electron chi connectivity index (χ3n) is 1.65. The summed E-state index contributed by atoms with van der Waals surface area (Å²) in [5.74, 6) is 0. The fourth-order valence-corrected chi connectivity index (χ4v) is 1.02. The van der Waals surface area contributed by atoms with E-state index in [2.05, 4.69) is 0 Å². The fraction of sp³-hybridized carbons (Fsp3) is 1.00. The Balaban J connectivity index is -0.0000000333. The summed E-state index contributed by atoms with van der Waals surface area (Å²) in [6.45, 7) is 4.00. The summed E-state index contributed by atoms with van der Waals surface area (Å²) in [5.41, 5.74) is 0. The first-order valence-electron chi connectivity index (χ1n) is 4.15. The summed E-state index contributed by atoms with van der Waals surface area (Å²) in [6, 6.07) is 0. The van der Waals surface area contributed by atoms with Crippen LogP contribution in [-0.2, 0) is 35.7 Å². The van der Waals surface area contributed by atoms with Gasteiger partial charge in [0.05, 0.1) is 0 Å². The van der Waals surface area contributed by atoms with Gasteiger partial charge < -0.3 is 59.1 Å². The first-order chi connectivity index (χ1) is 5.00. The van der Waals surface area contributed by atoms with E-state index < -0.39 is 0 Å². The number of rotatable bonds is 0. The normalized spacial score (nSPS) is 16.0. The van der Waals surface area contributed by atoms with E-state index in [1.54, 1.807) is 0 Å². The molecule has 2 aliphatic rings. The zero-order chi connectivity index (χ0) is 7.07. The van der Waals surface area contributed by atoms with E-state index in [-0.39, 0.29) is 75.8 Å². The van der Waals surface area contributed by atoms with Gasteiger partial charge in [0.15, 0.2) is 0 Å². The molecular weight excluding hydrogens is 361 g/mol. The van der Waals surface area contributed by atoms with Gasteiger partial charge in [-0.1, -0.05) is 0 Å². The molecule has 0 spiro atoms. The van der Waals surface area contributed by atoms with Crippen LogP contribution in [0.15, 0.2) is 0 Å². The van der Waals surface area contributed by atoms with Crippen LogP contribution < -0.4 is 49.6 Å². The minimum atomic E-state index is 0. The molecule has 2 rings (SSSR count). The van der Waals surface area contributed by atoms with Crippen molar-refractivity contribution in [2.24, 2.45) is 0 Å². The first-order valence-corrected chi connectivity index (χ1v) is 4.15. The van der Waals surface area contributed by atoms with Gasteiger partial charge in [-0.3, -0.25) is 0 Å². The van der Waals surface area contributed by atoms with Crippen LogP contribution in [-0.4, -0.2) is 26.4 Å². The van der Waals surface area contributed by atoms with Crippen LogP contribution in [0.1, 0.15) is 25.7 Å². The molecule has 2 heterocycles. The first kappa shape index (κ1) is 30.2. The van der Waals surface area contributed by atoms with Crippen LogP contribution in [0.3, 0.4) is 0 Å². The van der Waals surface area contributed by atoms with Crippen molar-refractivity contribution in [3.63, 3.8) is 0 Å². The number of halogens is 4. The summed E-state index contributed by atoms with van der Waals surface area (Å²) in [7, 11) is 0. The second-order valence-electron chi connectivity index (χ2n) is 2.64. The Hall–Kier alpha value is 1.96. The van der Waals surface area contributed by atoms with E-state index in [0.29, 0.717) is 0 Å². The minimum Gasteiger partial charge on any atom is -1.00 e. The van der Waals surface area contributed by atoms with E-state index in [0.717, 1.165) is 26.4 Å². The van der Waals surface area contributed by atoms with Crippen molar-refractivity contribution in [3.05, 3.63) is 0 Å². The van der Waals surface area contributed by atoms with Crippen LogP contribution in [0.4, 0.5) is 0 Å². The number of hydrogen-bond donors (Lipinski definition) is 0. The molecule has 0 aromatic heterocycles. The quantitative estimate of drug-likeness (QED) is 0.418. The number of hydrogen-bond acceptors (Lipinski definition) is 2. The van der Waals surface area contributed by atoms with Crippen LogP contribution in [0.5, 0.6) is 0 Å². The zero-order valence-electron chi connectivity index (χ0n) is 8.49. The molecule has 2 saturated heterocycles. The molecule has 0 radical (unpaired) electrons. The van der Waals surface area contributed by atoms with Gasteiger partial charge in [-0.25, -0.2) is 0 Å². The molecule has 0 aromatic carbocycles. The second kappa shape index (κ2) is 25.0. The third-order valence-corrected chi connectivity index (χ3v) is 1.65. The van der Waals surface area contributed by atoms with Crippen molar-refractivity contribution in [3.8, 4) is 0 Å². The Kier molecular flexibility index (Phi) is 50.3. The standard InChI is InChI=1S/2C4H8O.4ClH.Zr/c2*1-2-4-5-3-1;;;;;/h2*1-4H2;4*1H;/p-4. The minimum absolute atomic E-state index is 0. The Labute approximate surface area is 136 Å². The molecule has 0 bridgehead atoms. The largest absolute Gasteiger partial charge is 1.00 e. The van der Waals surface area contributed by atoms with Crippen LogP contribution in [0, 0.1) is 0 Å². The molecule has 96 valence electrons. The average Bonchev–Trinajstić information content (AvgIpc) is 2.67. The third kappa shape index (κ3) is 21.7. The molecule has 2 nitrogen and oxygen atoms in total. The molecule has 2 aliphatic heterocycles. The molecule has 0 atom stereocenters. The van der Waals surface area contributed by atoms with Gasteiger partial charge >= 0.3 is 0 Å². The molecule has 0 aliphatic carbocycles. The molecule has 15 heavy (non-hydrogen) atoms. The van der Waals surface area contributed by atoms with Crippen LogP contribution >= 0.6 is 0 Å². The van der Waals surface area contributed by atoms with E-state index in [4.69, 9.17) is 9.47 Å². The maximum atomic E-state index is 4.94. The second-order valence-corrected chi connectivity index (χ2v) is 2.64. The maximum Gasteiger partial charge on any atom is 0.0466 e. The summed E-state index contributed by atoms with van der Waals surface area (Å²) in [5, 5.41) is 0. The maximum absolute atomic E-state index is 4.94. The SMILES string of the molecule is C1CCOC1.C1CCOC1.[Cl-].[Cl-].[Cl-].[Cl-].[Zr]. The van der Waals surface area contributed by atoms with Crippen LogP contribution in [0.2, 0.25) is 0 Å². The molecule has 0 N–H and O–H groups in total. The Morgan fingerprint density at radius 1 is 0.467 bits per heavy atom. The predicted molar refractivity (Wildman–Crippen MR) is 40.1 cm³/mol.